The molecule has 0 saturated carbocycles. The first kappa shape index (κ1) is 19.8. The lowest BCUT2D eigenvalue weighted by Gasteiger charge is -2.08. The van der Waals surface area contributed by atoms with Crippen LogP contribution in [0, 0.1) is 34.6 Å². The van der Waals surface area contributed by atoms with Crippen LogP contribution in [0.4, 0.5) is 0 Å². The summed E-state index contributed by atoms with van der Waals surface area (Å²) in [7, 11) is 0. The zero-order valence-electron chi connectivity index (χ0n) is 16.4. The summed E-state index contributed by atoms with van der Waals surface area (Å²) in [4.78, 5) is 23.6. The van der Waals surface area contributed by atoms with Crippen molar-refractivity contribution in [1.82, 2.24) is 25.1 Å². The topological polar surface area (TPSA) is 72.7 Å². The van der Waals surface area contributed by atoms with Crippen molar-refractivity contribution in [3.63, 3.8) is 0 Å². The molecular formula is C19H25N5OS2. The van der Waals surface area contributed by atoms with Crippen LogP contribution < -0.4 is 5.32 Å². The molecule has 0 fully saturated rings. The minimum absolute atomic E-state index is 0.0300. The largest absolute Gasteiger partial charge is 0.355 e. The Morgan fingerprint density at radius 1 is 1.22 bits per heavy atom. The number of fused-ring (bicyclic) bond motifs is 1. The molecule has 3 heterocycles. The lowest BCUT2D eigenvalue weighted by atomic mass is 10.2. The molecule has 3 aromatic rings. The molecule has 27 heavy (non-hydrogen) atoms. The number of amides is 1. The van der Waals surface area contributed by atoms with Gasteiger partial charge in [-0.15, -0.1) is 11.3 Å². The highest BCUT2D eigenvalue weighted by atomic mass is 32.2. The fourth-order valence-electron chi connectivity index (χ4n) is 2.96. The number of thioether (sulfide) groups is 1. The van der Waals surface area contributed by atoms with Gasteiger partial charge in [0, 0.05) is 29.0 Å². The monoisotopic (exact) mass is 403 g/mol. The lowest BCUT2D eigenvalue weighted by Crippen LogP contribution is -2.27. The number of hydrogen-bond acceptors (Lipinski definition) is 6. The van der Waals surface area contributed by atoms with E-state index in [1.165, 1.54) is 22.2 Å². The zero-order chi connectivity index (χ0) is 19.6. The van der Waals surface area contributed by atoms with E-state index in [-0.39, 0.29) is 5.91 Å². The van der Waals surface area contributed by atoms with Crippen molar-refractivity contribution in [3.8, 4) is 0 Å². The Bertz CT molecular complexity index is 976. The first-order chi connectivity index (χ1) is 12.8. The van der Waals surface area contributed by atoms with E-state index >= 15 is 0 Å². The fraction of sp³-hybridized carbons (Fsp3) is 0.474. The van der Waals surface area contributed by atoms with Crippen LogP contribution in [0.2, 0.25) is 0 Å². The van der Waals surface area contributed by atoms with Gasteiger partial charge in [-0.25, -0.2) is 9.97 Å². The van der Waals surface area contributed by atoms with Crippen molar-refractivity contribution in [1.29, 1.82) is 0 Å². The van der Waals surface area contributed by atoms with Gasteiger partial charge in [-0.1, -0.05) is 11.8 Å². The van der Waals surface area contributed by atoms with Gasteiger partial charge in [0.2, 0.25) is 5.91 Å². The summed E-state index contributed by atoms with van der Waals surface area (Å²) >= 11 is 3.17. The van der Waals surface area contributed by atoms with Gasteiger partial charge in [0.1, 0.15) is 15.7 Å². The molecule has 3 aromatic heterocycles. The number of thiophene rings is 1. The molecule has 6 nitrogen and oxygen atoms in total. The number of hydrogen-bond donors (Lipinski definition) is 1. The number of aromatic nitrogens is 4. The van der Waals surface area contributed by atoms with E-state index in [9.17, 15) is 4.79 Å². The predicted octanol–water partition coefficient (Wildman–Crippen LogP) is 3.73. The zero-order valence-corrected chi connectivity index (χ0v) is 18.1. The highest BCUT2D eigenvalue weighted by molar-refractivity contribution is 8.00. The van der Waals surface area contributed by atoms with Crippen LogP contribution in [0.25, 0.3) is 10.2 Å². The molecule has 3 rings (SSSR count). The summed E-state index contributed by atoms with van der Waals surface area (Å²) in [6.45, 7) is 11.6. The molecule has 1 N–H and O–H groups in total. The Balaban J connectivity index is 1.52. The smallest absolute Gasteiger partial charge is 0.230 e. The number of nitrogens with one attached hydrogen (secondary N) is 1. The first-order valence-corrected chi connectivity index (χ1v) is 10.8. The molecule has 8 heteroatoms. The van der Waals surface area contributed by atoms with Gasteiger partial charge in [-0.05, 0) is 52.7 Å². The normalized spacial score (nSPS) is 11.3. The number of carbonyl (C=O) groups excluding carboxylic acids is 1. The average molecular weight is 404 g/mol. The third kappa shape index (κ3) is 4.68. The van der Waals surface area contributed by atoms with E-state index in [0.717, 1.165) is 45.4 Å². The standard InChI is InChI=1S/C19H25N5OS2/c1-11-9-12(2)24(23-11)8-6-7-20-16(25)10-26-18-17-13(3)14(4)27-19(17)22-15(5)21-18/h9H,6-8,10H2,1-5H3,(H,20,25). The van der Waals surface area contributed by atoms with Crippen LogP contribution in [0.15, 0.2) is 11.1 Å². The molecule has 0 aliphatic carbocycles. The second-order valence-corrected chi connectivity index (χ2v) is 8.85. The maximum absolute atomic E-state index is 12.2. The van der Waals surface area contributed by atoms with E-state index in [2.05, 4.69) is 40.3 Å². The van der Waals surface area contributed by atoms with Crippen molar-refractivity contribution < 1.29 is 4.79 Å². The van der Waals surface area contributed by atoms with Gasteiger partial charge in [0.15, 0.2) is 0 Å². The third-order valence-corrected chi connectivity index (χ3v) is 6.50. The molecule has 0 aromatic carbocycles. The molecule has 0 bridgehead atoms. The van der Waals surface area contributed by atoms with Gasteiger partial charge in [-0.2, -0.15) is 5.10 Å². The minimum atomic E-state index is 0.0300. The summed E-state index contributed by atoms with van der Waals surface area (Å²) < 4.78 is 1.98. The van der Waals surface area contributed by atoms with Gasteiger partial charge in [0.05, 0.1) is 11.4 Å². The van der Waals surface area contributed by atoms with E-state index in [1.807, 2.05) is 25.5 Å². The Labute approximate surface area is 167 Å². The molecule has 0 aliphatic rings. The van der Waals surface area contributed by atoms with Crippen molar-refractivity contribution >= 4 is 39.2 Å². The molecule has 0 atom stereocenters. The molecule has 1 amide bonds. The minimum Gasteiger partial charge on any atom is -0.355 e. The Morgan fingerprint density at radius 2 is 2.00 bits per heavy atom. The molecule has 0 saturated heterocycles. The summed E-state index contributed by atoms with van der Waals surface area (Å²) in [5.74, 6) is 1.14. The second kappa shape index (κ2) is 8.39. The number of nitrogens with zero attached hydrogens (tertiary/aromatic N) is 4. The van der Waals surface area contributed by atoms with Gasteiger partial charge < -0.3 is 5.32 Å². The molecule has 144 valence electrons. The van der Waals surface area contributed by atoms with Crippen LogP contribution in [-0.4, -0.2) is 38.0 Å². The number of rotatable bonds is 7. The summed E-state index contributed by atoms with van der Waals surface area (Å²) in [5.41, 5.74) is 3.39. The summed E-state index contributed by atoms with van der Waals surface area (Å²) in [5, 5.41) is 9.42. The van der Waals surface area contributed by atoms with Gasteiger partial charge in [-0.3, -0.25) is 9.48 Å². The van der Waals surface area contributed by atoms with Crippen LogP contribution in [0.3, 0.4) is 0 Å². The maximum atomic E-state index is 12.2. The average Bonchev–Trinajstić information content (AvgIpc) is 3.07. The van der Waals surface area contributed by atoms with E-state index in [4.69, 9.17) is 0 Å². The van der Waals surface area contributed by atoms with Crippen LogP contribution in [0.5, 0.6) is 0 Å². The Hall–Kier alpha value is -1.93. The third-order valence-electron chi connectivity index (χ3n) is 4.42. The maximum Gasteiger partial charge on any atom is 0.230 e. The predicted molar refractivity (Wildman–Crippen MR) is 112 cm³/mol. The fourth-order valence-corrected chi connectivity index (χ4v) is 5.06. The Kier molecular flexibility index (Phi) is 6.16. The van der Waals surface area contributed by atoms with Crippen LogP contribution >= 0.6 is 23.1 Å². The Morgan fingerprint density at radius 3 is 2.70 bits per heavy atom. The van der Waals surface area contributed by atoms with E-state index < -0.39 is 0 Å². The second-order valence-electron chi connectivity index (χ2n) is 6.68. The quantitative estimate of drug-likeness (QED) is 0.370. The molecule has 0 spiro atoms. The lowest BCUT2D eigenvalue weighted by molar-refractivity contribution is -0.118. The van der Waals surface area contributed by atoms with Crippen molar-refractivity contribution in [3.05, 3.63) is 33.7 Å². The summed E-state index contributed by atoms with van der Waals surface area (Å²) in [6.07, 6.45) is 0.859. The summed E-state index contributed by atoms with van der Waals surface area (Å²) in [6, 6.07) is 2.06. The molecular weight excluding hydrogens is 378 g/mol. The van der Waals surface area contributed by atoms with Crippen LogP contribution in [0.1, 0.15) is 34.1 Å². The number of carbonyl (C=O) groups is 1. The highest BCUT2D eigenvalue weighted by Gasteiger charge is 2.15. The van der Waals surface area contributed by atoms with Crippen molar-refractivity contribution in [2.75, 3.05) is 12.3 Å². The van der Waals surface area contributed by atoms with Gasteiger partial charge >= 0.3 is 0 Å². The molecule has 0 unspecified atom stereocenters. The van der Waals surface area contributed by atoms with E-state index in [0.29, 0.717) is 12.3 Å². The van der Waals surface area contributed by atoms with Crippen LogP contribution in [-0.2, 0) is 11.3 Å². The number of aryl methyl sites for hydroxylation is 6. The molecule has 0 aliphatic heterocycles. The van der Waals surface area contributed by atoms with Crippen molar-refractivity contribution in [2.24, 2.45) is 0 Å². The molecule has 0 radical (unpaired) electrons. The van der Waals surface area contributed by atoms with Crippen molar-refractivity contribution in [2.45, 2.75) is 52.6 Å². The van der Waals surface area contributed by atoms with E-state index in [1.54, 1.807) is 11.3 Å². The highest BCUT2D eigenvalue weighted by Crippen LogP contribution is 2.34. The first-order valence-electron chi connectivity index (χ1n) is 9.00. The van der Waals surface area contributed by atoms with Gasteiger partial charge in [0.25, 0.3) is 0 Å². The SMILES string of the molecule is Cc1cc(C)n(CCCNC(=O)CSc2nc(C)nc3sc(C)c(C)c23)n1.